The molecule has 124 valence electrons. The summed E-state index contributed by atoms with van der Waals surface area (Å²) >= 11 is 1.29. The van der Waals surface area contributed by atoms with Crippen LogP contribution in [0, 0.1) is 11.3 Å². The van der Waals surface area contributed by atoms with Crippen LogP contribution in [0.1, 0.15) is 18.1 Å². The molecule has 0 bridgehead atoms. The second-order valence-corrected chi connectivity index (χ2v) is 6.13. The minimum atomic E-state index is -0.370. The second kappa shape index (κ2) is 7.32. The van der Waals surface area contributed by atoms with Crippen LogP contribution in [0.5, 0.6) is 0 Å². The number of benzene rings is 1. The van der Waals surface area contributed by atoms with Crippen molar-refractivity contribution in [3.63, 3.8) is 0 Å². The molecule has 0 aliphatic rings. The van der Waals surface area contributed by atoms with Crippen molar-refractivity contribution >= 4 is 11.8 Å². The summed E-state index contributed by atoms with van der Waals surface area (Å²) in [5.41, 5.74) is 2.26. The van der Waals surface area contributed by atoms with Crippen LogP contribution in [0.4, 0.5) is 0 Å². The van der Waals surface area contributed by atoms with E-state index < -0.39 is 0 Å². The van der Waals surface area contributed by atoms with E-state index in [9.17, 15) is 10.1 Å². The fourth-order valence-electron chi connectivity index (χ4n) is 2.55. The maximum absolute atomic E-state index is 13.0. The second-order valence-electron chi connectivity index (χ2n) is 5.33. The summed E-state index contributed by atoms with van der Waals surface area (Å²) in [7, 11) is 0. The number of pyridine rings is 1. The first-order valence-electron chi connectivity index (χ1n) is 7.80. The summed E-state index contributed by atoms with van der Waals surface area (Å²) in [5.74, 6) is 0.477. The van der Waals surface area contributed by atoms with Crippen LogP contribution in [0.2, 0.25) is 0 Å². The Labute approximate surface area is 150 Å². The highest BCUT2D eigenvalue weighted by Crippen LogP contribution is 2.23. The Hall–Kier alpha value is -2.91. The Kier molecular flexibility index (Phi) is 4.96. The maximum Gasteiger partial charge on any atom is 0.277 e. The van der Waals surface area contributed by atoms with Gasteiger partial charge < -0.3 is 0 Å². The average Bonchev–Trinajstić information content (AvgIpc) is 2.68. The highest BCUT2D eigenvalue weighted by Gasteiger charge is 2.18. The van der Waals surface area contributed by atoms with Gasteiger partial charge in [-0.2, -0.15) is 5.26 Å². The first-order chi connectivity index (χ1) is 12.2. The van der Waals surface area contributed by atoms with Crippen LogP contribution >= 0.6 is 11.8 Å². The number of aromatic nitrogens is 3. The number of nitrogens with zero attached hydrogens (tertiary/aromatic N) is 4. The zero-order valence-corrected chi connectivity index (χ0v) is 14.7. The molecule has 0 spiro atoms. The third kappa shape index (κ3) is 3.19. The van der Waals surface area contributed by atoms with Gasteiger partial charge in [-0.1, -0.05) is 19.1 Å². The van der Waals surface area contributed by atoms with Gasteiger partial charge in [0.05, 0.1) is 5.69 Å². The predicted molar refractivity (Wildman–Crippen MR) is 98.9 cm³/mol. The average molecular weight is 348 g/mol. The van der Waals surface area contributed by atoms with Crippen LogP contribution < -0.4 is 5.56 Å². The molecule has 0 aliphatic heterocycles. The number of hydrogen-bond donors (Lipinski definition) is 0. The minimum absolute atomic E-state index is 0.0553. The normalized spacial score (nSPS) is 10.4. The lowest BCUT2D eigenvalue weighted by Crippen LogP contribution is -2.25. The van der Waals surface area contributed by atoms with Crippen molar-refractivity contribution in [2.45, 2.75) is 18.4 Å². The molecule has 25 heavy (non-hydrogen) atoms. The van der Waals surface area contributed by atoms with Gasteiger partial charge in [-0.05, 0) is 42.5 Å². The largest absolute Gasteiger partial charge is 0.277 e. The topological polar surface area (TPSA) is 71.6 Å². The first kappa shape index (κ1) is 16.9. The molecule has 0 atom stereocenters. The van der Waals surface area contributed by atoms with Crippen LogP contribution in [0.15, 0.2) is 58.6 Å². The molecule has 6 heteroatoms. The van der Waals surface area contributed by atoms with E-state index in [0.717, 1.165) is 12.0 Å². The van der Waals surface area contributed by atoms with Gasteiger partial charge in [-0.25, -0.2) is 4.98 Å². The van der Waals surface area contributed by atoms with E-state index in [0.29, 0.717) is 16.5 Å². The molecular formula is C19H16N4OS. The van der Waals surface area contributed by atoms with Gasteiger partial charge in [-0.3, -0.25) is 14.3 Å². The Morgan fingerprint density at radius 2 is 2.00 bits per heavy atom. The SMILES string of the molecule is CCc1ccc(-n2c(-c3cccnc3)nc(SC)c(C#N)c2=O)cc1. The number of aryl methyl sites for hydroxylation is 1. The third-order valence-electron chi connectivity index (χ3n) is 3.88. The molecule has 3 aromatic rings. The first-order valence-corrected chi connectivity index (χ1v) is 9.03. The Balaban J connectivity index is 2.35. The van der Waals surface area contributed by atoms with E-state index in [1.165, 1.54) is 21.9 Å². The highest BCUT2D eigenvalue weighted by atomic mass is 32.2. The summed E-state index contributed by atoms with van der Waals surface area (Å²) in [4.78, 5) is 21.7. The van der Waals surface area contributed by atoms with E-state index >= 15 is 0 Å². The molecule has 3 rings (SSSR count). The van der Waals surface area contributed by atoms with E-state index in [1.54, 1.807) is 24.7 Å². The molecule has 5 nitrogen and oxygen atoms in total. The molecule has 0 radical (unpaired) electrons. The van der Waals surface area contributed by atoms with E-state index in [-0.39, 0.29) is 11.1 Å². The van der Waals surface area contributed by atoms with Gasteiger partial charge in [0.1, 0.15) is 22.5 Å². The van der Waals surface area contributed by atoms with Gasteiger partial charge in [0, 0.05) is 18.0 Å². The Bertz CT molecular complexity index is 989. The van der Waals surface area contributed by atoms with Crippen LogP contribution in [0.3, 0.4) is 0 Å². The van der Waals surface area contributed by atoms with Crippen LogP contribution in [-0.2, 0) is 6.42 Å². The number of thioether (sulfide) groups is 1. The number of nitriles is 1. The van der Waals surface area contributed by atoms with Crippen molar-refractivity contribution in [2.75, 3.05) is 6.26 Å². The van der Waals surface area contributed by atoms with Crippen molar-refractivity contribution in [3.8, 4) is 23.1 Å². The van der Waals surface area contributed by atoms with E-state index in [4.69, 9.17) is 0 Å². The van der Waals surface area contributed by atoms with Crippen molar-refractivity contribution in [1.82, 2.24) is 14.5 Å². The summed E-state index contributed by atoms with van der Waals surface area (Å²) in [6.45, 7) is 2.07. The lowest BCUT2D eigenvalue weighted by atomic mass is 10.1. The van der Waals surface area contributed by atoms with Crippen LogP contribution in [0.25, 0.3) is 17.1 Å². The quantitative estimate of drug-likeness (QED) is 0.533. The van der Waals surface area contributed by atoms with Crippen molar-refractivity contribution in [2.24, 2.45) is 0 Å². The van der Waals surface area contributed by atoms with Crippen LogP contribution in [-0.4, -0.2) is 20.8 Å². The maximum atomic E-state index is 13.0. The van der Waals surface area contributed by atoms with Gasteiger partial charge in [0.25, 0.3) is 5.56 Å². The third-order valence-corrected chi connectivity index (χ3v) is 4.56. The highest BCUT2D eigenvalue weighted by molar-refractivity contribution is 7.98. The smallest absolute Gasteiger partial charge is 0.267 e. The number of hydrogen-bond acceptors (Lipinski definition) is 5. The monoisotopic (exact) mass is 348 g/mol. The summed E-state index contributed by atoms with van der Waals surface area (Å²) in [6, 6.07) is 13.3. The fraction of sp³-hybridized carbons (Fsp3) is 0.158. The lowest BCUT2D eigenvalue weighted by molar-refractivity contribution is 0.890. The molecule has 0 saturated heterocycles. The molecule has 0 saturated carbocycles. The molecule has 0 fully saturated rings. The zero-order valence-electron chi connectivity index (χ0n) is 13.9. The van der Waals surface area contributed by atoms with E-state index in [1.807, 2.05) is 36.4 Å². The summed E-state index contributed by atoms with van der Waals surface area (Å²) in [5, 5.41) is 9.84. The van der Waals surface area contributed by atoms with Crippen molar-refractivity contribution in [3.05, 3.63) is 70.3 Å². The van der Waals surface area contributed by atoms with Gasteiger partial charge in [0.15, 0.2) is 0 Å². The molecule has 0 N–H and O–H groups in total. The Morgan fingerprint density at radius 1 is 1.24 bits per heavy atom. The van der Waals surface area contributed by atoms with Gasteiger partial charge in [-0.15, -0.1) is 11.8 Å². The predicted octanol–water partition coefficient (Wildman–Crippen LogP) is 3.45. The summed E-state index contributed by atoms with van der Waals surface area (Å²) < 4.78 is 1.48. The van der Waals surface area contributed by atoms with Gasteiger partial charge >= 0.3 is 0 Å². The van der Waals surface area contributed by atoms with E-state index in [2.05, 4.69) is 16.9 Å². The lowest BCUT2D eigenvalue weighted by Gasteiger charge is -2.14. The molecule has 0 amide bonds. The number of rotatable bonds is 4. The summed E-state index contributed by atoms with van der Waals surface area (Å²) in [6.07, 6.45) is 6.05. The standard InChI is InChI=1S/C19H16N4OS/c1-3-13-6-8-15(9-7-13)23-17(14-5-4-10-21-12-14)22-18(25-2)16(11-20)19(23)24/h4-10,12H,3H2,1-2H3. The van der Waals surface area contributed by atoms with Gasteiger partial charge in [0.2, 0.25) is 0 Å². The minimum Gasteiger partial charge on any atom is -0.267 e. The molecule has 2 heterocycles. The molecular weight excluding hydrogens is 332 g/mol. The fourth-order valence-corrected chi connectivity index (χ4v) is 3.07. The van der Waals surface area contributed by atoms with Crippen molar-refractivity contribution in [1.29, 1.82) is 5.26 Å². The Morgan fingerprint density at radius 3 is 2.56 bits per heavy atom. The van der Waals surface area contributed by atoms with Crippen molar-refractivity contribution < 1.29 is 0 Å². The molecule has 0 aliphatic carbocycles. The molecule has 1 aromatic carbocycles. The molecule has 0 unspecified atom stereocenters. The molecule has 2 aromatic heterocycles. The zero-order chi connectivity index (χ0) is 17.8.